The summed E-state index contributed by atoms with van der Waals surface area (Å²) in [6, 6.07) is 0. The molecule has 3 N–H and O–H groups in total. The van der Waals surface area contributed by atoms with Crippen molar-refractivity contribution < 1.29 is 14.6 Å². The molecule has 0 aliphatic heterocycles. The molecule has 1 atom stereocenters. The van der Waals surface area contributed by atoms with Crippen LogP contribution in [0.1, 0.15) is 0 Å². The SMILES string of the molecule is COC(=O)[C@@H](N)O.Cl. The van der Waals surface area contributed by atoms with Crippen molar-refractivity contribution in [2.24, 2.45) is 5.73 Å². The summed E-state index contributed by atoms with van der Waals surface area (Å²) in [6.07, 6.45) is -1.50. The molecule has 50 valence electrons. The minimum atomic E-state index is -1.50. The molecule has 0 aliphatic rings. The molecule has 0 radical (unpaired) electrons. The Bertz CT molecular complexity index is 74.9. The van der Waals surface area contributed by atoms with Crippen LogP contribution < -0.4 is 5.73 Å². The Morgan fingerprint density at radius 2 is 2.25 bits per heavy atom. The Labute approximate surface area is 53.0 Å². The molecular formula is C3H8ClNO3. The van der Waals surface area contributed by atoms with E-state index in [1.807, 2.05) is 0 Å². The smallest absolute Gasteiger partial charge is 0.349 e. The predicted octanol–water partition coefficient (Wildman–Crippen LogP) is -1.14. The second kappa shape index (κ2) is 4.83. The molecule has 0 rings (SSSR count). The van der Waals surface area contributed by atoms with Gasteiger partial charge in [0.1, 0.15) is 0 Å². The second-order valence-electron chi connectivity index (χ2n) is 0.968. The molecule has 0 aromatic rings. The number of hydrogen-bond donors (Lipinski definition) is 2. The zero-order chi connectivity index (χ0) is 5.86. The van der Waals surface area contributed by atoms with Crippen molar-refractivity contribution in [1.29, 1.82) is 0 Å². The van der Waals surface area contributed by atoms with E-state index in [2.05, 4.69) is 10.5 Å². The van der Waals surface area contributed by atoms with Crippen molar-refractivity contribution in [3.05, 3.63) is 0 Å². The van der Waals surface area contributed by atoms with Gasteiger partial charge in [-0.05, 0) is 0 Å². The Balaban J connectivity index is 0. The molecule has 0 heterocycles. The van der Waals surface area contributed by atoms with Crippen LogP contribution in [0, 0.1) is 0 Å². The number of carbonyl (C=O) groups excluding carboxylic acids is 1. The van der Waals surface area contributed by atoms with Crippen LogP contribution in [-0.2, 0) is 9.53 Å². The summed E-state index contributed by atoms with van der Waals surface area (Å²) in [4.78, 5) is 9.91. The van der Waals surface area contributed by atoms with Gasteiger partial charge in [0.05, 0.1) is 7.11 Å². The lowest BCUT2D eigenvalue weighted by Gasteiger charge is -1.97. The van der Waals surface area contributed by atoms with Gasteiger partial charge in [-0.3, -0.25) is 5.73 Å². The average Bonchev–Trinajstić information content (AvgIpc) is 1.65. The summed E-state index contributed by atoms with van der Waals surface area (Å²) in [5.41, 5.74) is 4.63. The Kier molecular flexibility index (Phi) is 6.41. The predicted molar refractivity (Wildman–Crippen MR) is 29.5 cm³/mol. The van der Waals surface area contributed by atoms with Crippen LogP contribution in [0.2, 0.25) is 0 Å². The van der Waals surface area contributed by atoms with Crippen molar-refractivity contribution in [2.75, 3.05) is 7.11 Å². The lowest BCUT2D eigenvalue weighted by Crippen LogP contribution is -2.30. The van der Waals surface area contributed by atoms with Gasteiger partial charge in [-0.2, -0.15) is 0 Å². The second-order valence-corrected chi connectivity index (χ2v) is 0.968. The Morgan fingerprint density at radius 1 is 1.88 bits per heavy atom. The van der Waals surface area contributed by atoms with E-state index in [9.17, 15) is 4.79 Å². The van der Waals surface area contributed by atoms with E-state index >= 15 is 0 Å². The third-order valence-corrected chi connectivity index (χ3v) is 0.443. The van der Waals surface area contributed by atoms with Gasteiger partial charge in [0.25, 0.3) is 0 Å². The number of ether oxygens (including phenoxy) is 1. The fourth-order valence-electron chi connectivity index (χ4n) is 0.121. The number of carbonyl (C=O) groups is 1. The number of esters is 1. The molecule has 0 saturated carbocycles. The standard InChI is InChI=1S/C3H7NO3.ClH/c1-7-3(6)2(4)5;/h2,5H,4H2,1H3;1H/t2-;/m0./s1. The summed E-state index contributed by atoms with van der Waals surface area (Å²) in [5.74, 6) is -0.819. The molecule has 0 fully saturated rings. The zero-order valence-corrected chi connectivity index (χ0v) is 5.14. The van der Waals surface area contributed by atoms with Crippen LogP contribution >= 0.6 is 12.4 Å². The molecule has 0 spiro atoms. The van der Waals surface area contributed by atoms with E-state index in [4.69, 9.17) is 5.11 Å². The lowest BCUT2D eigenvalue weighted by atomic mass is 10.6. The molecule has 0 amide bonds. The zero-order valence-electron chi connectivity index (χ0n) is 4.33. The van der Waals surface area contributed by atoms with Gasteiger partial charge in [-0.25, -0.2) is 4.79 Å². The normalized spacial score (nSPS) is 11.4. The van der Waals surface area contributed by atoms with Crippen molar-refractivity contribution in [1.82, 2.24) is 0 Å². The maximum Gasteiger partial charge on any atom is 0.349 e. The van der Waals surface area contributed by atoms with Gasteiger partial charge < -0.3 is 9.84 Å². The molecule has 0 unspecified atom stereocenters. The van der Waals surface area contributed by atoms with E-state index in [1.165, 1.54) is 0 Å². The van der Waals surface area contributed by atoms with Crippen LogP contribution in [0.5, 0.6) is 0 Å². The molecule has 8 heavy (non-hydrogen) atoms. The first-order valence-electron chi connectivity index (χ1n) is 1.70. The monoisotopic (exact) mass is 141 g/mol. The minimum Gasteiger partial charge on any atom is -0.466 e. The molecule has 4 nitrogen and oxygen atoms in total. The number of rotatable bonds is 1. The molecule has 0 aromatic carbocycles. The van der Waals surface area contributed by atoms with E-state index in [-0.39, 0.29) is 12.4 Å². The van der Waals surface area contributed by atoms with Crippen molar-refractivity contribution in [3.63, 3.8) is 0 Å². The molecular weight excluding hydrogens is 133 g/mol. The highest BCUT2D eigenvalue weighted by molar-refractivity contribution is 5.85. The maximum absolute atomic E-state index is 9.91. The highest BCUT2D eigenvalue weighted by atomic mass is 35.5. The van der Waals surface area contributed by atoms with E-state index in [0.717, 1.165) is 7.11 Å². The van der Waals surface area contributed by atoms with Gasteiger partial charge in [0, 0.05) is 0 Å². The average molecular weight is 142 g/mol. The lowest BCUT2D eigenvalue weighted by molar-refractivity contribution is -0.150. The number of nitrogens with two attached hydrogens (primary N) is 1. The largest absolute Gasteiger partial charge is 0.466 e. The maximum atomic E-state index is 9.91. The first-order valence-corrected chi connectivity index (χ1v) is 1.70. The van der Waals surface area contributed by atoms with Gasteiger partial charge in [-0.15, -0.1) is 12.4 Å². The Morgan fingerprint density at radius 3 is 2.25 bits per heavy atom. The van der Waals surface area contributed by atoms with Crippen LogP contribution in [0.15, 0.2) is 0 Å². The number of aliphatic hydroxyl groups excluding tert-OH is 1. The summed E-state index contributed by atoms with van der Waals surface area (Å²) < 4.78 is 4.00. The summed E-state index contributed by atoms with van der Waals surface area (Å²) in [5, 5.41) is 8.12. The fraction of sp³-hybridized carbons (Fsp3) is 0.667. The van der Waals surface area contributed by atoms with Crippen molar-refractivity contribution >= 4 is 18.4 Å². The first-order chi connectivity index (χ1) is 3.18. The third kappa shape index (κ3) is 3.86. The first kappa shape index (κ1) is 10.6. The van der Waals surface area contributed by atoms with E-state index in [0.29, 0.717) is 0 Å². The summed E-state index contributed by atoms with van der Waals surface area (Å²) in [7, 11) is 1.15. The highest BCUT2D eigenvalue weighted by Crippen LogP contribution is 1.72. The quantitative estimate of drug-likeness (QED) is 0.358. The van der Waals surface area contributed by atoms with Gasteiger partial charge in [-0.1, -0.05) is 0 Å². The molecule has 0 saturated heterocycles. The summed E-state index contributed by atoms with van der Waals surface area (Å²) in [6.45, 7) is 0. The van der Waals surface area contributed by atoms with Crippen LogP contribution in [0.25, 0.3) is 0 Å². The summed E-state index contributed by atoms with van der Waals surface area (Å²) >= 11 is 0. The van der Waals surface area contributed by atoms with Gasteiger partial charge in [0.2, 0.25) is 6.23 Å². The van der Waals surface area contributed by atoms with E-state index in [1.54, 1.807) is 0 Å². The number of hydrogen-bond acceptors (Lipinski definition) is 4. The third-order valence-electron chi connectivity index (χ3n) is 0.443. The topological polar surface area (TPSA) is 72.5 Å². The van der Waals surface area contributed by atoms with E-state index < -0.39 is 12.2 Å². The number of methoxy groups -OCH3 is 1. The van der Waals surface area contributed by atoms with Crippen LogP contribution in [0.4, 0.5) is 0 Å². The highest BCUT2D eigenvalue weighted by Gasteiger charge is 2.05. The number of aliphatic hydroxyl groups is 1. The van der Waals surface area contributed by atoms with Crippen LogP contribution in [-0.4, -0.2) is 24.4 Å². The minimum absolute atomic E-state index is 0. The molecule has 0 aromatic heterocycles. The molecule has 0 aliphatic carbocycles. The number of halogens is 1. The van der Waals surface area contributed by atoms with Crippen LogP contribution in [0.3, 0.4) is 0 Å². The Hall–Kier alpha value is -0.320. The molecule has 0 bridgehead atoms. The van der Waals surface area contributed by atoms with Crippen molar-refractivity contribution in [2.45, 2.75) is 6.23 Å². The molecule has 5 heteroatoms. The van der Waals surface area contributed by atoms with Crippen molar-refractivity contribution in [3.8, 4) is 0 Å². The fourth-order valence-corrected chi connectivity index (χ4v) is 0.121. The van der Waals surface area contributed by atoms with Gasteiger partial charge >= 0.3 is 5.97 Å². The van der Waals surface area contributed by atoms with Gasteiger partial charge in [0.15, 0.2) is 0 Å².